The summed E-state index contributed by atoms with van der Waals surface area (Å²) in [6.07, 6.45) is 1.85. The normalized spacial score (nSPS) is 10.7. The fourth-order valence-electron chi connectivity index (χ4n) is 1.56. The first-order valence-electron chi connectivity index (χ1n) is 5.76. The van der Waals surface area contributed by atoms with E-state index in [0.717, 1.165) is 32.1 Å². The number of benzene rings is 1. The van der Waals surface area contributed by atoms with Crippen molar-refractivity contribution >= 4 is 34.4 Å². The summed E-state index contributed by atoms with van der Waals surface area (Å²) in [5.41, 5.74) is 1.14. The Kier molecular flexibility index (Phi) is 4.22. The van der Waals surface area contributed by atoms with Gasteiger partial charge in [0.15, 0.2) is 0 Å². The van der Waals surface area contributed by atoms with Crippen LogP contribution in [0.1, 0.15) is 10.0 Å². The molecule has 3 rings (SSSR count). The van der Waals surface area contributed by atoms with Crippen molar-refractivity contribution in [2.45, 2.75) is 11.5 Å². The third kappa shape index (κ3) is 3.40. The lowest BCUT2D eigenvalue weighted by Gasteiger charge is -1.94. The van der Waals surface area contributed by atoms with Gasteiger partial charge in [-0.25, -0.2) is 4.98 Å². The quantitative estimate of drug-likeness (QED) is 0.711. The van der Waals surface area contributed by atoms with Crippen LogP contribution in [0.15, 0.2) is 41.9 Å². The van der Waals surface area contributed by atoms with Crippen molar-refractivity contribution in [2.24, 2.45) is 0 Å². The van der Waals surface area contributed by atoms with Gasteiger partial charge in [0.2, 0.25) is 0 Å². The summed E-state index contributed by atoms with van der Waals surface area (Å²) in [6, 6.07) is 10.2. The van der Waals surface area contributed by atoms with Crippen LogP contribution < -0.4 is 0 Å². The first kappa shape index (κ1) is 12.8. The minimum atomic E-state index is 0.893. The van der Waals surface area contributed by atoms with Crippen LogP contribution in [0.3, 0.4) is 0 Å². The third-order valence-corrected chi connectivity index (χ3v) is 5.49. The Balaban J connectivity index is 1.59. The lowest BCUT2D eigenvalue weighted by atomic mass is 10.2. The van der Waals surface area contributed by atoms with Crippen molar-refractivity contribution in [2.75, 3.05) is 0 Å². The van der Waals surface area contributed by atoms with E-state index in [2.05, 4.69) is 27.3 Å². The van der Waals surface area contributed by atoms with E-state index in [-0.39, 0.29) is 0 Å². The van der Waals surface area contributed by atoms with Crippen LogP contribution in [0.4, 0.5) is 0 Å². The lowest BCUT2D eigenvalue weighted by molar-refractivity contribution is 1.04. The summed E-state index contributed by atoms with van der Waals surface area (Å²) in [5.74, 6) is 1.84. The zero-order chi connectivity index (χ0) is 12.9. The predicted octanol–water partition coefficient (Wildman–Crippen LogP) is 4.10. The van der Waals surface area contributed by atoms with Gasteiger partial charge in [0.05, 0.1) is 0 Å². The SMILES string of the molecule is c1ccc(-c2nnc(CSCc3nccs3)s2)cc1. The highest BCUT2D eigenvalue weighted by Gasteiger charge is 2.06. The third-order valence-electron chi connectivity index (χ3n) is 2.42. The number of hydrogen-bond acceptors (Lipinski definition) is 6. The van der Waals surface area contributed by atoms with E-state index in [1.54, 1.807) is 22.7 Å². The van der Waals surface area contributed by atoms with Crippen molar-refractivity contribution in [3.8, 4) is 10.6 Å². The molecule has 0 aliphatic carbocycles. The van der Waals surface area contributed by atoms with Crippen LogP contribution in [0.5, 0.6) is 0 Å². The average Bonchev–Trinajstić information content (AvgIpc) is 3.11. The molecule has 0 aliphatic heterocycles. The fourth-order valence-corrected chi connectivity index (χ4v) is 4.19. The van der Waals surface area contributed by atoms with E-state index < -0.39 is 0 Å². The van der Waals surface area contributed by atoms with E-state index >= 15 is 0 Å². The van der Waals surface area contributed by atoms with Crippen LogP contribution in [0.25, 0.3) is 10.6 Å². The Bertz CT molecular complexity index is 620. The summed E-state index contributed by atoms with van der Waals surface area (Å²) in [6.45, 7) is 0. The minimum Gasteiger partial charge on any atom is -0.249 e. The molecule has 0 unspecified atom stereocenters. The van der Waals surface area contributed by atoms with Gasteiger partial charge < -0.3 is 0 Å². The molecule has 0 radical (unpaired) electrons. The van der Waals surface area contributed by atoms with Crippen molar-refractivity contribution in [1.82, 2.24) is 15.2 Å². The van der Waals surface area contributed by atoms with Gasteiger partial charge in [-0.1, -0.05) is 41.7 Å². The standard InChI is InChI=1S/C13H11N3S3/c1-2-4-10(5-3-1)13-16-15-12(19-13)9-17-8-11-14-6-7-18-11/h1-7H,8-9H2. The van der Waals surface area contributed by atoms with Gasteiger partial charge >= 0.3 is 0 Å². The van der Waals surface area contributed by atoms with Crippen molar-refractivity contribution in [1.29, 1.82) is 0 Å². The molecule has 0 N–H and O–H groups in total. The van der Waals surface area contributed by atoms with Gasteiger partial charge in [0, 0.05) is 28.6 Å². The van der Waals surface area contributed by atoms with E-state index in [4.69, 9.17) is 0 Å². The van der Waals surface area contributed by atoms with Gasteiger partial charge in [0.1, 0.15) is 15.0 Å². The van der Waals surface area contributed by atoms with Crippen LogP contribution in [-0.2, 0) is 11.5 Å². The van der Waals surface area contributed by atoms with Gasteiger partial charge in [0.25, 0.3) is 0 Å². The molecule has 1 aromatic carbocycles. The molecule has 0 bridgehead atoms. The molecule has 3 aromatic rings. The van der Waals surface area contributed by atoms with E-state index in [0.29, 0.717) is 0 Å². The summed E-state index contributed by atoms with van der Waals surface area (Å²) in [4.78, 5) is 4.27. The molecule has 19 heavy (non-hydrogen) atoms. The van der Waals surface area contributed by atoms with Crippen LogP contribution >= 0.6 is 34.4 Å². The Morgan fingerprint density at radius 2 is 1.84 bits per heavy atom. The number of hydrogen-bond donors (Lipinski definition) is 0. The van der Waals surface area contributed by atoms with Gasteiger partial charge in [-0.3, -0.25) is 0 Å². The summed E-state index contributed by atoms with van der Waals surface area (Å²) >= 11 is 5.19. The van der Waals surface area contributed by atoms with E-state index in [1.165, 1.54) is 0 Å². The number of aromatic nitrogens is 3. The molecule has 0 saturated carbocycles. The highest BCUT2D eigenvalue weighted by Crippen LogP contribution is 2.26. The fraction of sp³-hybridized carbons (Fsp3) is 0.154. The topological polar surface area (TPSA) is 38.7 Å². The second kappa shape index (κ2) is 6.27. The second-order valence-electron chi connectivity index (χ2n) is 3.79. The van der Waals surface area contributed by atoms with E-state index in [1.807, 2.05) is 41.5 Å². The zero-order valence-corrected chi connectivity index (χ0v) is 12.5. The number of thiazole rings is 1. The summed E-state index contributed by atoms with van der Waals surface area (Å²) in [7, 11) is 0. The van der Waals surface area contributed by atoms with Gasteiger partial charge in [-0.2, -0.15) is 0 Å². The Morgan fingerprint density at radius 3 is 2.63 bits per heavy atom. The molecular formula is C13H11N3S3. The first-order valence-corrected chi connectivity index (χ1v) is 8.61. The van der Waals surface area contributed by atoms with Gasteiger partial charge in [-0.15, -0.1) is 33.3 Å². The largest absolute Gasteiger partial charge is 0.249 e. The molecule has 96 valence electrons. The summed E-state index contributed by atoms with van der Waals surface area (Å²) in [5, 5.41) is 13.7. The van der Waals surface area contributed by atoms with Crippen molar-refractivity contribution in [3.63, 3.8) is 0 Å². The molecule has 0 fully saturated rings. The smallest absolute Gasteiger partial charge is 0.147 e. The van der Waals surface area contributed by atoms with Crippen LogP contribution in [0, 0.1) is 0 Å². The number of thioether (sulfide) groups is 1. The molecule has 0 saturated heterocycles. The molecule has 0 spiro atoms. The maximum absolute atomic E-state index is 4.27. The van der Waals surface area contributed by atoms with Crippen molar-refractivity contribution < 1.29 is 0 Å². The molecule has 0 aliphatic rings. The maximum atomic E-state index is 4.27. The maximum Gasteiger partial charge on any atom is 0.147 e. The molecule has 0 amide bonds. The summed E-state index contributed by atoms with van der Waals surface area (Å²) < 4.78 is 0. The molecule has 2 aromatic heterocycles. The van der Waals surface area contributed by atoms with Crippen LogP contribution in [0.2, 0.25) is 0 Å². The monoisotopic (exact) mass is 305 g/mol. The molecule has 2 heterocycles. The number of nitrogens with zero attached hydrogens (tertiary/aromatic N) is 3. The highest BCUT2D eigenvalue weighted by atomic mass is 32.2. The van der Waals surface area contributed by atoms with Crippen LogP contribution in [-0.4, -0.2) is 15.2 Å². The molecule has 3 nitrogen and oxygen atoms in total. The first-order chi connectivity index (χ1) is 9.42. The predicted molar refractivity (Wildman–Crippen MR) is 82.5 cm³/mol. The highest BCUT2D eigenvalue weighted by molar-refractivity contribution is 7.97. The van der Waals surface area contributed by atoms with Crippen molar-refractivity contribution in [3.05, 3.63) is 51.9 Å². The molecule has 6 heteroatoms. The minimum absolute atomic E-state index is 0.893. The zero-order valence-electron chi connectivity index (χ0n) is 10.0. The Hall–Kier alpha value is -1.24. The Morgan fingerprint density at radius 1 is 1.00 bits per heavy atom. The number of rotatable bonds is 5. The average molecular weight is 305 g/mol. The van der Waals surface area contributed by atoms with Gasteiger partial charge in [-0.05, 0) is 0 Å². The lowest BCUT2D eigenvalue weighted by Crippen LogP contribution is -1.81. The second-order valence-corrected chi connectivity index (χ2v) is 6.81. The molecule has 0 atom stereocenters. The molecular weight excluding hydrogens is 294 g/mol. The Labute approximate surface area is 123 Å². The van der Waals surface area contributed by atoms with E-state index in [9.17, 15) is 0 Å².